The van der Waals surface area contributed by atoms with Crippen LogP contribution >= 0.6 is 0 Å². The van der Waals surface area contributed by atoms with E-state index in [1.807, 2.05) is 6.07 Å². The fourth-order valence-electron chi connectivity index (χ4n) is 2.63. The summed E-state index contributed by atoms with van der Waals surface area (Å²) in [6.45, 7) is 1.94. The minimum Gasteiger partial charge on any atom is -0.493 e. The fraction of sp³-hybridized carbons (Fsp3) is 0.500. The smallest absolute Gasteiger partial charge is 0.225 e. The number of β-amino-alcohol motifs (C(OH)–C–C–N with tert-alkyl or cyclic N) is 1. The summed E-state index contributed by atoms with van der Waals surface area (Å²) in [4.78, 5) is 13.3. The van der Waals surface area contributed by atoms with E-state index in [9.17, 15) is 9.90 Å². The molecule has 2 heterocycles. The molecule has 1 saturated heterocycles. The number of aliphatic hydroxyl groups excluding tert-OH is 1. The van der Waals surface area contributed by atoms with Crippen LogP contribution in [0.15, 0.2) is 18.2 Å². The van der Waals surface area contributed by atoms with Crippen molar-refractivity contribution in [3.63, 3.8) is 0 Å². The van der Waals surface area contributed by atoms with Crippen molar-refractivity contribution in [2.24, 2.45) is 0 Å². The number of carbonyl (C=O) groups is 1. The lowest BCUT2D eigenvalue weighted by Gasteiger charge is -2.15. The molecule has 1 aromatic rings. The number of rotatable bonds is 3. The zero-order valence-corrected chi connectivity index (χ0v) is 10.3. The molecule has 1 amide bonds. The Balaban J connectivity index is 1.62. The number of likely N-dealkylation sites (tertiary alicyclic amines) is 1. The summed E-state index contributed by atoms with van der Waals surface area (Å²) >= 11 is 0. The van der Waals surface area contributed by atoms with Crippen LogP contribution in [0.4, 0.5) is 0 Å². The van der Waals surface area contributed by atoms with Gasteiger partial charge in [0.1, 0.15) is 5.75 Å². The highest BCUT2D eigenvalue weighted by atomic mass is 16.5. The molecule has 3 rings (SSSR count). The molecule has 1 atom stereocenters. The van der Waals surface area contributed by atoms with Gasteiger partial charge in [0.2, 0.25) is 5.91 Å². The first-order valence-electron chi connectivity index (χ1n) is 6.43. The Morgan fingerprint density at radius 1 is 1.44 bits per heavy atom. The van der Waals surface area contributed by atoms with Crippen LogP contribution in [0.2, 0.25) is 0 Å². The predicted octanol–water partition coefficient (Wildman–Crippen LogP) is 0.757. The summed E-state index contributed by atoms with van der Waals surface area (Å²) in [7, 11) is 0. The van der Waals surface area contributed by atoms with E-state index in [1.54, 1.807) is 4.90 Å². The molecule has 2 aliphatic rings. The van der Waals surface area contributed by atoms with E-state index < -0.39 is 6.10 Å². The van der Waals surface area contributed by atoms with E-state index in [2.05, 4.69) is 12.1 Å². The molecule has 1 unspecified atom stereocenters. The summed E-state index contributed by atoms with van der Waals surface area (Å²) in [5, 5.41) is 9.42. The Bertz CT molecular complexity index is 472. The van der Waals surface area contributed by atoms with Crippen molar-refractivity contribution in [3.8, 4) is 5.75 Å². The standard InChI is InChI=1S/C14H17NO3/c16-12-8-14(17)15(9-12)5-3-10-1-2-13-11(7-10)4-6-18-13/h1-2,7,12,16H,3-6,8-9H2. The molecule has 0 spiro atoms. The highest BCUT2D eigenvalue weighted by molar-refractivity contribution is 5.79. The normalized spacial score (nSPS) is 22.2. The third kappa shape index (κ3) is 2.20. The van der Waals surface area contributed by atoms with E-state index in [1.165, 1.54) is 11.1 Å². The molecule has 18 heavy (non-hydrogen) atoms. The van der Waals surface area contributed by atoms with Crippen molar-refractivity contribution >= 4 is 5.91 Å². The van der Waals surface area contributed by atoms with Crippen molar-refractivity contribution < 1.29 is 14.6 Å². The van der Waals surface area contributed by atoms with Gasteiger partial charge < -0.3 is 14.7 Å². The van der Waals surface area contributed by atoms with Crippen LogP contribution < -0.4 is 4.74 Å². The predicted molar refractivity (Wildman–Crippen MR) is 66.5 cm³/mol. The lowest BCUT2D eigenvalue weighted by molar-refractivity contribution is -0.127. The Morgan fingerprint density at radius 2 is 2.33 bits per heavy atom. The van der Waals surface area contributed by atoms with Crippen LogP contribution in [0.1, 0.15) is 17.5 Å². The summed E-state index contributed by atoms with van der Waals surface area (Å²) in [5.74, 6) is 1.05. The lowest BCUT2D eigenvalue weighted by Crippen LogP contribution is -2.28. The highest BCUT2D eigenvalue weighted by Crippen LogP contribution is 2.26. The number of hydrogen-bond acceptors (Lipinski definition) is 3. The van der Waals surface area contributed by atoms with Crippen molar-refractivity contribution in [2.45, 2.75) is 25.4 Å². The molecule has 0 radical (unpaired) electrons. The largest absolute Gasteiger partial charge is 0.493 e. The minimum absolute atomic E-state index is 0.0620. The van der Waals surface area contributed by atoms with Gasteiger partial charge in [0.25, 0.3) is 0 Å². The Morgan fingerprint density at radius 3 is 3.11 bits per heavy atom. The average molecular weight is 247 g/mol. The number of ether oxygens (including phenoxy) is 1. The monoisotopic (exact) mass is 247 g/mol. The van der Waals surface area contributed by atoms with Crippen LogP contribution in [-0.4, -0.2) is 41.7 Å². The highest BCUT2D eigenvalue weighted by Gasteiger charge is 2.27. The second-order valence-corrected chi connectivity index (χ2v) is 4.99. The second-order valence-electron chi connectivity index (χ2n) is 4.99. The first kappa shape index (κ1) is 11.5. The van der Waals surface area contributed by atoms with Gasteiger partial charge in [-0.3, -0.25) is 4.79 Å². The molecule has 0 aliphatic carbocycles. The van der Waals surface area contributed by atoms with Crippen LogP contribution in [0.25, 0.3) is 0 Å². The zero-order valence-electron chi connectivity index (χ0n) is 10.3. The fourth-order valence-corrected chi connectivity index (χ4v) is 2.63. The van der Waals surface area contributed by atoms with Gasteiger partial charge in [0.05, 0.1) is 19.1 Å². The van der Waals surface area contributed by atoms with Gasteiger partial charge in [-0.25, -0.2) is 0 Å². The maximum Gasteiger partial charge on any atom is 0.225 e. The van der Waals surface area contributed by atoms with Crippen molar-refractivity contribution in [1.29, 1.82) is 0 Å². The topological polar surface area (TPSA) is 49.8 Å². The van der Waals surface area contributed by atoms with Crippen molar-refractivity contribution in [1.82, 2.24) is 4.90 Å². The number of amides is 1. The summed E-state index contributed by atoms with van der Waals surface area (Å²) in [6.07, 6.45) is 1.61. The summed E-state index contributed by atoms with van der Waals surface area (Å²) in [5.41, 5.74) is 2.49. The lowest BCUT2D eigenvalue weighted by atomic mass is 10.1. The molecule has 0 saturated carbocycles. The van der Waals surface area contributed by atoms with Crippen molar-refractivity contribution in [3.05, 3.63) is 29.3 Å². The maximum absolute atomic E-state index is 11.5. The second kappa shape index (κ2) is 4.61. The minimum atomic E-state index is -0.481. The number of fused-ring (bicyclic) bond motifs is 1. The van der Waals surface area contributed by atoms with Gasteiger partial charge in [-0.2, -0.15) is 0 Å². The van der Waals surface area contributed by atoms with E-state index in [4.69, 9.17) is 4.74 Å². The molecule has 1 aromatic carbocycles. The molecule has 1 N–H and O–H groups in total. The van der Waals surface area contributed by atoms with Gasteiger partial charge >= 0.3 is 0 Å². The first-order chi connectivity index (χ1) is 8.72. The molecular weight excluding hydrogens is 230 g/mol. The summed E-state index contributed by atoms with van der Waals surface area (Å²) in [6, 6.07) is 6.23. The van der Waals surface area contributed by atoms with E-state index in [0.717, 1.165) is 25.2 Å². The first-order valence-corrected chi connectivity index (χ1v) is 6.43. The number of benzene rings is 1. The zero-order chi connectivity index (χ0) is 12.5. The van der Waals surface area contributed by atoms with Crippen molar-refractivity contribution in [2.75, 3.05) is 19.7 Å². The van der Waals surface area contributed by atoms with Crippen LogP contribution in [0, 0.1) is 0 Å². The van der Waals surface area contributed by atoms with Gasteiger partial charge in [-0.15, -0.1) is 0 Å². The average Bonchev–Trinajstić information content (AvgIpc) is 2.92. The molecule has 4 nitrogen and oxygen atoms in total. The Labute approximate surface area is 106 Å². The van der Waals surface area contributed by atoms with Gasteiger partial charge in [0, 0.05) is 19.5 Å². The molecule has 0 bridgehead atoms. The Kier molecular flexibility index (Phi) is 2.96. The number of aliphatic hydroxyl groups is 1. The van der Waals surface area contributed by atoms with Crippen LogP contribution in [0.5, 0.6) is 5.75 Å². The molecule has 0 aromatic heterocycles. The SMILES string of the molecule is O=C1CC(O)CN1CCc1ccc2c(c1)CCO2. The van der Waals surface area contributed by atoms with E-state index in [0.29, 0.717) is 13.1 Å². The summed E-state index contributed by atoms with van der Waals surface area (Å²) < 4.78 is 5.46. The molecule has 96 valence electrons. The van der Waals surface area contributed by atoms with Gasteiger partial charge in [-0.1, -0.05) is 12.1 Å². The van der Waals surface area contributed by atoms with E-state index >= 15 is 0 Å². The quantitative estimate of drug-likeness (QED) is 0.857. The van der Waals surface area contributed by atoms with Crippen LogP contribution in [-0.2, 0) is 17.6 Å². The molecular formula is C14H17NO3. The maximum atomic E-state index is 11.5. The van der Waals surface area contributed by atoms with Gasteiger partial charge in [0.15, 0.2) is 0 Å². The molecule has 4 heteroatoms. The third-order valence-corrected chi connectivity index (χ3v) is 3.62. The van der Waals surface area contributed by atoms with E-state index in [-0.39, 0.29) is 12.3 Å². The molecule has 2 aliphatic heterocycles. The Hall–Kier alpha value is -1.55. The van der Waals surface area contributed by atoms with Gasteiger partial charge in [-0.05, 0) is 23.6 Å². The third-order valence-electron chi connectivity index (χ3n) is 3.62. The number of hydrogen-bond donors (Lipinski definition) is 1. The van der Waals surface area contributed by atoms with Crippen LogP contribution in [0.3, 0.4) is 0 Å². The molecule has 1 fully saturated rings. The number of carbonyl (C=O) groups excluding carboxylic acids is 1. The number of nitrogens with zero attached hydrogens (tertiary/aromatic N) is 1.